The van der Waals surface area contributed by atoms with E-state index in [4.69, 9.17) is 5.11 Å². The van der Waals surface area contributed by atoms with Gasteiger partial charge in [-0.05, 0) is 12.3 Å². The molecule has 0 aromatic rings. The van der Waals surface area contributed by atoms with Gasteiger partial charge in [-0.1, -0.05) is 20.8 Å². The van der Waals surface area contributed by atoms with E-state index >= 15 is 0 Å². The van der Waals surface area contributed by atoms with Crippen molar-refractivity contribution in [2.45, 2.75) is 33.8 Å². The van der Waals surface area contributed by atoms with E-state index in [9.17, 15) is 8.42 Å². The van der Waals surface area contributed by atoms with E-state index in [1.54, 1.807) is 6.92 Å². The molecule has 0 heterocycles. The minimum absolute atomic E-state index is 0.0761. The van der Waals surface area contributed by atoms with Crippen molar-refractivity contribution in [3.63, 3.8) is 0 Å². The summed E-state index contributed by atoms with van der Waals surface area (Å²) in [5.41, 5.74) is -0.259. The maximum Gasteiger partial charge on any atom is 0.212 e. The molecule has 0 aliphatic heterocycles. The van der Waals surface area contributed by atoms with E-state index in [0.29, 0.717) is 0 Å². The summed E-state index contributed by atoms with van der Waals surface area (Å²) in [5, 5.41) is 8.89. The molecule has 2 N–H and O–H groups in total. The van der Waals surface area contributed by atoms with Crippen molar-refractivity contribution in [1.82, 2.24) is 4.72 Å². The van der Waals surface area contributed by atoms with Crippen LogP contribution in [0.2, 0.25) is 0 Å². The first kappa shape index (κ1) is 12.9. The molecule has 0 aromatic carbocycles. The number of nitrogens with one attached hydrogen (secondary N) is 1. The van der Waals surface area contributed by atoms with Crippen molar-refractivity contribution in [2.75, 3.05) is 12.3 Å². The molecule has 0 bridgehead atoms. The van der Waals surface area contributed by atoms with Gasteiger partial charge in [-0.25, -0.2) is 13.1 Å². The highest BCUT2D eigenvalue weighted by molar-refractivity contribution is 7.89. The van der Waals surface area contributed by atoms with E-state index in [1.807, 2.05) is 20.8 Å². The summed E-state index contributed by atoms with van der Waals surface area (Å²) < 4.78 is 25.0. The van der Waals surface area contributed by atoms with E-state index in [1.165, 1.54) is 0 Å². The van der Waals surface area contributed by atoms with Crippen molar-refractivity contribution in [2.24, 2.45) is 5.41 Å². The summed E-state index contributed by atoms with van der Waals surface area (Å²) in [6.07, 6.45) is -0.644. The van der Waals surface area contributed by atoms with Crippen LogP contribution >= 0.6 is 0 Å². The van der Waals surface area contributed by atoms with Crippen LogP contribution in [0.15, 0.2) is 0 Å². The third-order valence-electron chi connectivity index (χ3n) is 1.22. The lowest BCUT2D eigenvalue weighted by atomic mass is 10.0. The Bertz CT molecular complexity index is 239. The van der Waals surface area contributed by atoms with Gasteiger partial charge in [-0.3, -0.25) is 0 Å². The Balaban J connectivity index is 4.11. The highest BCUT2D eigenvalue weighted by atomic mass is 32.2. The van der Waals surface area contributed by atoms with Gasteiger partial charge < -0.3 is 5.11 Å². The molecule has 13 heavy (non-hydrogen) atoms. The van der Waals surface area contributed by atoms with Crippen LogP contribution in [0, 0.1) is 5.41 Å². The highest BCUT2D eigenvalue weighted by Gasteiger charge is 2.21. The molecule has 0 saturated carbocycles. The molecule has 0 rings (SSSR count). The standard InChI is InChI=1S/C8H19NO3S/c1-7(10)5-9-13(11,12)6-8(2,3)4/h7,9-10H,5-6H2,1-4H3/t7-/m1/s1. The summed E-state index contributed by atoms with van der Waals surface area (Å²) in [5.74, 6) is 0.0761. The molecule has 0 unspecified atom stereocenters. The Morgan fingerprint density at radius 3 is 2.15 bits per heavy atom. The van der Waals surface area contributed by atoms with Crippen LogP contribution in [0.3, 0.4) is 0 Å². The third kappa shape index (κ3) is 8.21. The molecule has 0 fully saturated rings. The van der Waals surface area contributed by atoms with Crippen LogP contribution in [0.4, 0.5) is 0 Å². The molecular weight excluding hydrogens is 190 g/mol. The number of hydrogen-bond acceptors (Lipinski definition) is 3. The zero-order chi connectivity index (χ0) is 10.7. The molecule has 0 saturated heterocycles. The highest BCUT2D eigenvalue weighted by Crippen LogP contribution is 2.14. The number of rotatable bonds is 4. The fourth-order valence-electron chi connectivity index (χ4n) is 0.869. The molecule has 80 valence electrons. The fraction of sp³-hybridized carbons (Fsp3) is 1.00. The van der Waals surface area contributed by atoms with Crippen molar-refractivity contribution in [1.29, 1.82) is 0 Å². The first-order valence-electron chi connectivity index (χ1n) is 4.28. The summed E-state index contributed by atoms with van der Waals surface area (Å²) in [6.45, 7) is 7.19. The smallest absolute Gasteiger partial charge is 0.212 e. The molecular formula is C8H19NO3S. The lowest BCUT2D eigenvalue weighted by molar-refractivity contribution is 0.198. The van der Waals surface area contributed by atoms with Gasteiger partial charge in [0.05, 0.1) is 11.9 Å². The SMILES string of the molecule is C[C@@H](O)CNS(=O)(=O)CC(C)(C)C. The van der Waals surface area contributed by atoms with E-state index in [-0.39, 0.29) is 17.7 Å². The van der Waals surface area contributed by atoms with Gasteiger partial charge in [0.1, 0.15) is 0 Å². The van der Waals surface area contributed by atoms with Gasteiger partial charge in [0, 0.05) is 6.54 Å². The van der Waals surface area contributed by atoms with Crippen LogP contribution in [0.1, 0.15) is 27.7 Å². The maximum atomic E-state index is 11.3. The summed E-state index contributed by atoms with van der Waals surface area (Å²) in [7, 11) is -3.24. The second-order valence-electron chi connectivity index (χ2n) is 4.52. The predicted octanol–water partition coefficient (Wildman–Crippen LogP) is 0.333. The van der Waals surface area contributed by atoms with Gasteiger partial charge in [-0.2, -0.15) is 0 Å². The minimum Gasteiger partial charge on any atom is -0.392 e. The Kier molecular flexibility index (Phi) is 4.35. The van der Waals surface area contributed by atoms with Crippen LogP contribution in [-0.4, -0.2) is 31.9 Å². The van der Waals surface area contributed by atoms with Gasteiger partial charge in [0.15, 0.2) is 0 Å². The Hall–Kier alpha value is -0.130. The molecule has 4 nitrogen and oxygen atoms in total. The van der Waals surface area contributed by atoms with E-state index in [2.05, 4.69) is 4.72 Å². The topological polar surface area (TPSA) is 66.4 Å². The Labute approximate surface area is 80.4 Å². The lowest BCUT2D eigenvalue weighted by Crippen LogP contribution is -2.36. The largest absolute Gasteiger partial charge is 0.392 e. The van der Waals surface area contributed by atoms with Gasteiger partial charge in [-0.15, -0.1) is 0 Å². The number of sulfonamides is 1. The first-order valence-corrected chi connectivity index (χ1v) is 5.93. The Morgan fingerprint density at radius 1 is 1.38 bits per heavy atom. The predicted molar refractivity (Wildman–Crippen MR) is 52.9 cm³/mol. The number of aliphatic hydroxyl groups excluding tert-OH is 1. The van der Waals surface area contributed by atoms with Gasteiger partial charge in [0.2, 0.25) is 10.0 Å². The second-order valence-corrected chi connectivity index (χ2v) is 6.32. The average molecular weight is 209 g/mol. The van der Waals surface area contributed by atoms with Crippen LogP contribution in [0.5, 0.6) is 0 Å². The summed E-state index contributed by atoms with van der Waals surface area (Å²) >= 11 is 0. The molecule has 0 aromatic heterocycles. The van der Waals surface area contributed by atoms with E-state index < -0.39 is 16.1 Å². The van der Waals surface area contributed by atoms with Crippen molar-refractivity contribution >= 4 is 10.0 Å². The maximum absolute atomic E-state index is 11.3. The normalized spacial score (nSPS) is 15.8. The molecule has 5 heteroatoms. The summed E-state index contributed by atoms with van der Waals surface area (Å²) in [4.78, 5) is 0. The van der Waals surface area contributed by atoms with Crippen molar-refractivity contribution in [3.05, 3.63) is 0 Å². The molecule has 0 radical (unpaired) electrons. The molecule has 0 aliphatic rings. The Morgan fingerprint density at radius 2 is 1.85 bits per heavy atom. The van der Waals surface area contributed by atoms with Gasteiger partial charge in [0.25, 0.3) is 0 Å². The van der Waals surface area contributed by atoms with E-state index in [0.717, 1.165) is 0 Å². The zero-order valence-electron chi connectivity index (χ0n) is 8.66. The summed E-state index contributed by atoms with van der Waals surface area (Å²) in [6, 6.07) is 0. The monoisotopic (exact) mass is 209 g/mol. The first-order chi connectivity index (χ1) is 5.62. The second kappa shape index (κ2) is 4.39. The fourth-order valence-corrected chi connectivity index (χ4v) is 2.61. The van der Waals surface area contributed by atoms with Crippen molar-refractivity contribution < 1.29 is 13.5 Å². The van der Waals surface area contributed by atoms with Crippen molar-refractivity contribution in [3.8, 4) is 0 Å². The molecule has 1 atom stereocenters. The van der Waals surface area contributed by atoms with Crippen LogP contribution in [-0.2, 0) is 10.0 Å². The van der Waals surface area contributed by atoms with Crippen LogP contribution < -0.4 is 4.72 Å². The molecule has 0 amide bonds. The minimum atomic E-state index is -3.24. The third-order valence-corrected chi connectivity index (χ3v) is 3.07. The average Bonchev–Trinajstić information content (AvgIpc) is 1.78. The zero-order valence-corrected chi connectivity index (χ0v) is 9.48. The van der Waals surface area contributed by atoms with Gasteiger partial charge >= 0.3 is 0 Å². The quantitative estimate of drug-likeness (QED) is 0.701. The molecule has 0 spiro atoms. The number of aliphatic hydroxyl groups is 1. The van der Waals surface area contributed by atoms with Crippen LogP contribution in [0.25, 0.3) is 0 Å². The number of hydrogen-bond donors (Lipinski definition) is 2. The molecule has 0 aliphatic carbocycles. The lowest BCUT2D eigenvalue weighted by Gasteiger charge is -2.18.